The standard InChI is InChI=1S/C17H32N4O/c1-15(2)21-14-18-12-17(21)13-20(8-5-11-22-4)16-6-9-19(3)10-7-16/h12,14-16H,5-11,13H2,1-4H3. The number of methoxy groups -OCH3 is 1. The van der Waals surface area contributed by atoms with Gasteiger partial charge in [0.15, 0.2) is 0 Å². The van der Waals surface area contributed by atoms with Crippen molar-refractivity contribution >= 4 is 0 Å². The third-order valence-corrected chi connectivity index (χ3v) is 4.67. The second-order valence-electron chi connectivity index (χ2n) is 6.74. The first-order valence-corrected chi connectivity index (χ1v) is 8.54. The normalized spacial score (nSPS) is 17.7. The van der Waals surface area contributed by atoms with Gasteiger partial charge in [0.25, 0.3) is 0 Å². The molecule has 0 radical (unpaired) electrons. The lowest BCUT2D eigenvalue weighted by Crippen LogP contribution is -2.44. The summed E-state index contributed by atoms with van der Waals surface area (Å²) in [6, 6.07) is 1.15. The number of piperidine rings is 1. The third kappa shape index (κ3) is 4.80. The number of nitrogens with zero attached hydrogens (tertiary/aromatic N) is 4. The van der Waals surface area contributed by atoms with Gasteiger partial charge in [-0.15, -0.1) is 0 Å². The molecule has 1 aromatic rings. The van der Waals surface area contributed by atoms with E-state index < -0.39 is 0 Å². The maximum atomic E-state index is 5.24. The van der Waals surface area contributed by atoms with Crippen LogP contribution in [0.4, 0.5) is 0 Å². The van der Waals surface area contributed by atoms with E-state index >= 15 is 0 Å². The molecule has 0 saturated carbocycles. The smallest absolute Gasteiger partial charge is 0.0951 e. The number of hydrogen-bond donors (Lipinski definition) is 0. The number of hydrogen-bond acceptors (Lipinski definition) is 4. The van der Waals surface area contributed by atoms with E-state index in [9.17, 15) is 0 Å². The molecule has 1 fully saturated rings. The highest BCUT2D eigenvalue weighted by molar-refractivity contribution is 5.00. The minimum Gasteiger partial charge on any atom is -0.385 e. The summed E-state index contributed by atoms with van der Waals surface area (Å²) in [5.41, 5.74) is 1.33. The summed E-state index contributed by atoms with van der Waals surface area (Å²) in [5.74, 6) is 0. The van der Waals surface area contributed by atoms with Crippen molar-refractivity contribution in [2.24, 2.45) is 0 Å². The molecule has 1 saturated heterocycles. The maximum Gasteiger partial charge on any atom is 0.0951 e. The first kappa shape index (κ1) is 17.4. The first-order valence-electron chi connectivity index (χ1n) is 8.54. The van der Waals surface area contributed by atoms with Gasteiger partial charge in [-0.25, -0.2) is 4.98 Å². The summed E-state index contributed by atoms with van der Waals surface area (Å²) >= 11 is 0. The molecule has 0 aliphatic carbocycles. The van der Waals surface area contributed by atoms with Crippen LogP contribution in [0.1, 0.15) is 44.8 Å². The average molecular weight is 308 g/mol. The van der Waals surface area contributed by atoms with Crippen molar-refractivity contribution in [2.75, 3.05) is 40.4 Å². The Hall–Kier alpha value is -0.910. The van der Waals surface area contributed by atoms with Crippen LogP contribution in [0.2, 0.25) is 0 Å². The minimum atomic E-state index is 0.468. The van der Waals surface area contributed by atoms with Gasteiger partial charge in [-0.3, -0.25) is 4.90 Å². The molecule has 1 aliphatic rings. The van der Waals surface area contributed by atoms with E-state index in [1.54, 1.807) is 7.11 Å². The van der Waals surface area contributed by atoms with Crippen LogP contribution < -0.4 is 0 Å². The Kier molecular flexibility index (Phi) is 6.86. The van der Waals surface area contributed by atoms with Crippen LogP contribution in [-0.2, 0) is 11.3 Å². The summed E-state index contributed by atoms with van der Waals surface area (Å²) in [4.78, 5) is 9.43. The van der Waals surface area contributed by atoms with E-state index in [1.165, 1.54) is 31.6 Å². The van der Waals surface area contributed by atoms with E-state index in [2.05, 4.69) is 40.2 Å². The van der Waals surface area contributed by atoms with Crippen molar-refractivity contribution in [3.05, 3.63) is 18.2 Å². The van der Waals surface area contributed by atoms with E-state index in [4.69, 9.17) is 4.74 Å². The molecule has 0 aromatic carbocycles. The molecule has 2 rings (SSSR count). The Morgan fingerprint density at radius 3 is 2.73 bits per heavy atom. The monoisotopic (exact) mass is 308 g/mol. The summed E-state index contributed by atoms with van der Waals surface area (Å²) in [5, 5.41) is 0. The molecular formula is C17H32N4O. The Morgan fingerprint density at radius 1 is 1.36 bits per heavy atom. The highest BCUT2D eigenvalue weighted by atomic mass is 16.5. The molecule has 5 heteroatoms. The highest BCUT2D eigenvalue weighted by Crippen LogP contribution is 2.20. The molecule has 2 heterocycles. The topological polar surface area (TPSA) is 33.5 Å². The van der Waals surface area contributed by atoms with Crippen LogP contribution >= 0.6 is 0 Å². The second-order valence-corrected chi connectivity index (χ2v) is 6.74. The van der Waals surface area contributed by atoms with Gasteiger partial charge in [-0.2, -0.15) is 0 Å². The van der Waals surface area contributed by atoms with Gasteiger partial charge >= 0.3 is 0 Å². The fourth-order valence-corrected chi connectivity index (χ4v) is 3.29. The zero-order chi connectivity index (χ0) is 15.9. The lowest BCUT2D eigenvalue weighted by atomic mass is 10.0. The molecule has 5 nitrogen and oxygen atoms in total. The predicted octanol–water partition coefficient (Wildman–Crippen LogP) is 2.40. The van der Waals surface area contributed by atoms with Crippen LogP contribution in [0.15, 0.2) is 12.5 Å². The summed E-state index contributed by atoms with van der Waals surface area (Å²) in [6.45, 7) is 9.78. The molecule has 0 spiro atoms. The molecule has 1 aromatic heterocycles. The van der Waals surface area contributed by atoms with E-state index in [1.807, 2.05) is 12.5 Å². The fraction of sp³-hybridized carbons (Fsp3) is 0.824. The van der Waals surface area contributed by atoms with Crippen molar-refractivity contribution < 1.29 is 4.74 Å². The largest absolute Gasteiger partial charge is 0.385 e. The predicted molar refractivity (Wildman–Crippen MR) is 90.0 cm³/mol. The molecule has 22 heavy (non-hydrogen) atoms. The van der Waals surface area contributed by atoms with E-state index in [-0.39, 0.29) is 0 Å². The number of aromatic nitrogens is 2. The van der Waals surface area contributed by atoms with Crippen molar-refractivity contribution in [2.45, 2.75) is 51.7 Å². The quantitative estimate of drug-likeness (QED) is 0.691. The van der Waals surface area contributed by atoms with Crippen LogP contribution in [0, 0.1) is 0 Å². The molecule has 0 unspecified atom stereocenters. The number of imidazole rings is 1. The Labute approximate surface area is 135 Å². The SMILES string of the molecule is COCCCN(Cc1cncn1C(C)C)C1CCN(C)CC1. The number of rotatable bonds is 8. The number of likely N-dealkylation sites (tertiary alicyclic amines) is 1. The van der Waals surface area contributed by atoms with Gasteiger partial charge < -0.3 is 14.2 Å². The molecule has 126 valence electrons. The Balaban J connectivity index is 2.01. The van der Waals surface area contributed by atoms with E-state index in [0.717, 1.165) is 26.1 Å². The zero-order valence-corrected chi connectivity index (χ0v) is 14.7. The van der Waals surface area contributed by atoms with Gasteiger partial charge in [-0.05, 0) is 53.2 Å². The molecule has 0 amide bonds. The van der Waals surface area contributed by atoms with Crippen LogP contribution in [0.25, 0.3) is 0 Å². The lowest BCUT2D eigenvalue weighted by Gasteiger charge is -2.37. The fourth-order valence-electron chi connectivity index (χ4n) is 3.29. The van der Waals surface area contributed by atoms with Crippen LogP contribution in [-0.4, -0.2) is 65.8 Å². The zero-order valence-electron chi connectivity index (χ0n) is 14.7. The van der Waals surface area contributed by atoms with Crippen LogP contribution in [0.5, 0.6) is 0 Å². The molecule has 0 bridgehead atoms. The number of ether oxygens (including phenoxy) is 1. The van der Waals surface area contributed by atoms with Gasteiger partial charge in [-0.1, -0.05) is 0 Å². The molecule has 0 N–H and O–H groups in total. The van der Waals surface area contributed by atoms with Crippen molar-refractivity contribution in [1.82, 2.24) is 19.4 Å². The van der Waals surface area contributed by atoms with E-state index in [0.29, 0.717) is 12.1 Å². The van der Waals surface area contributed by atoms with Gasteiger partial charge in [0.1, 0.15) is 0 Å². The molecule has 0 atom stereocenters. The molecule has 1 aliphatic heterocycles. The Bertz CT molecular complexity index is 424. The molecular weight excluding hydrogens is 276 g/mol. The summed E-state index contributed by atoms with van der Waals surface area (Å²) in [6.07, 6.45) is 7.61. The first-order chi connectivity index (χ1) is 10.6. The van der Waals surface area contributed by atoms with Gasteiger partial charge in [0.2, 0.25) is 0 Å². The minimum absolute atomic E-state index is 0.468. The van der Waals surface area contributed by atoms with Gasteiger partial charge in [0.05, 0.1) is 12.0 Å². The lowest BCUT2D eigenvalue weighted by molar-refractivity contribution is 0.0978. The third-order valence-electron chi connectivity index (χ3n) is 4.67. The average Bonchev–Trinajstić information content (AvgIpc) is 2.96. The second kappa shape index (κ2) is 8.65. The van der Waals surface area contributed by atoms with Crippen molar-refractivity contribution in [1.29, 1.82) is 0 Å². The highest BCUT2D eigenvalue weighted by Gasteiger charge is 2.24. The Morgan fingerprint density at radius 2 is 2.09 bits per heavy atom. The summed E-state index contributed by atoms with van der Waals surface area (Å²) in [7, 11) is 4.01. The van der Waals surface area contributed by atoms with Crippen molar-refractivity contribution in [3.63, 3.8) is 0 Å². The summed E-state index contributed by atoms with van der Waals surface area (Å²) < 4.78 is 7.53. The van der Waals surface area contributed by atoms with Crippen LogP contribution in [0.3, 0.4) is 0 Å². The maximum absolute atomic E-state index is 5.24. The van der Waals surface area contributed by atoms with Gasteiger partial charge in [0, 0.05) is 45.1 Å². The van der Waals surface area contributed by atoms with Crippen molar-refractivity contribution in [3.8, 4) is 0 Å².